The third-order valence-electron chi connectivity index (χ3n) is 5.80. The molecular formula is C26H19FN6S2. The number of aromatic amines is 1. The van der Waals surface area contributed by atoms with Crippen molar-refractivity contribution in [3.8, 4) is 27.0 Å². The van der Waals surface area contributed by atoms with Crippen LogP contribution in [0, 0.1) is 17.5 Å². The minimum Gasteiger partial charge on any atom is -0.315 e. The fraction of sp³-hybridized carbons (Fsp3) is 0.0769. The summed E-state index contributed by atoms with van der Waals surface area (Å²) in [5.74, 6) is 1.31. The molecule has 9 heteroatoms. The molecule has 3 aromatic carbocycles. The zero-order valence-electron chi connectivity index (χ0n) is 18.6. The van der Waals surface area contributed by atoms with Crippen LogP contribution in [0.4, 0.5) is 4.39 Å². The van der Waals surface area contributed by atoms with Crippen LogP contribution >= 0.6 is 23.6 Å². The predicted octanol–water partition coefficient (Wildman–Crippen LogP) is 6.57. The van der Waals surface area contributed by atoms with Gasteiger partial charge in [0.2, 0.25) is 0 Å². The summed E-state index contributed by atoms with van der Waals surface area (Å²) in [7, 11) is 0. The van der Waals surface area contributed by atoms with Crippen molar-refractivity contribution in [2.75, 3.05) is 0 Å². The van der Waals surface area contributed by atoms with Crippen molar-refractivity contribution < 1.29 is 4.39 Å². The molecule has 0 fully saturated rings. The summed E-state index contributed by atoms with van der Waals surface area (Å²) in [6.07, 6.45) is 0. The molecule has 172 valence electrons. The maximum atomic E-state index is 13.4. The number of hydrogen-bond acceptors (Lipinski definition) is 5. The minimum absolute atomic E-state index is 0.268. The number of benzene rings is 3. The quantitative estimate of drug-likeness (QED) is 0.273. The summed E-state index contributed by atoms with van der Waals surface area (Å²) in [6, 6.07) is 24.4. The number of hydrogen-bond donors (Lipinski definition) is 1. The molecule has 0 atom stereocenters. The van der Waals surface area contributed by atoms with Gasteiger partial charge in [-0.1, -0.05) is 30.3 Å². The number of nitrogens with one attached hydrogen (secondary N) is 1. The van der Waals surface area contributed by atoms with Gasteiger partial charge in [-0.3, -0.25) is 9.67 Å². The molecule has 0 aliphatic carbocycles. The Bertz CT molecular complexity index is 1710. The molecule has 0 unspecified atom stereocenters. The molecule has 0 saturated heterocycles. The number of rotatable bonds is 5. The number of nitrogens with zero attached hydrogens (tertiary/aromatic N) is 5. The summed E-state index contributed by atoms with van der Waals surface area (Å²) in [4.78, 5) is 10.7. The van der Waals surface area contributed by atoms with Crippen molar-refractivity contribution in [3.63, 3.8) is 0 Å². The number of para-hydroxylation sites is 3. The van der Waals surface area contributed by atoms with Crippen LogP contribution in [0.1, 0.15) is 11.5 Å². The fourth-order valence-electron chi connectivity index (χ4n) is 4.15. The summed E-state index contributed by atoms with van der Waals surface area (Å²) in [6.45, 7) is 2.43. The Hall–Kier alpha value is -3.95. The second kappa shape index (κ2) is 8.68. The Balaban J connectivity index is 1.50. The van der Waals surface area contributed by atoms with Gasteiger partial charge in [-0.25, -0.2) is 14.4 Å². The topological polar surface area (TPSA) is 64.3 Å². The van der Waals surface area contributed by atoms with Gasteiger partial charge in [0.15, 0.2) is 16.4 Å². The summed E-state index contributed by atoms with van der Waals surface area (Å²) in [5, 5.41) is 8.30. The van der Waals surface area contributed by atoms with Gasteiger partial charge >= 0.3 is 0 Å². The van der Waals surface area contributed by atoms with E-state index in [1.54, 1.807) is 23.5 Å². The van der Waals surface area contributed by atoms with E-state index in [-0.39, 0.29) is 5.82 Å². The molecule has 0 bridgehead atoms. The molecule has 0 amide bonds. The zero-order chi connectivity index (χ0) is 23.9. The van der Waals surface area contributed by atoms with Crippen molar-refractivity contribution in [1.29, 1.82) is 0 Å². The van der Waals surface area contributed by atoms with Crippen LogP contribution in [0.2, 0.25) is 0 Å². The first-order valence-corrected chi connectivity index (χ1v) is 12.2. The third-order valence-corrected chi connectivity index (χ3v) is 7.28. The minimum atomic E-state index is -0.268. The SMILES string of the molecule is Cc1nc(-c2ccc(F)cc2)sc1-c1nc2ccccc2n1Cc1n[nH]c(=S)n1-c1ccccc1. The van der Waals surface area contributed by atoms with Gasteiger partial charge in [0.25, 0.3) is 0 Å². The van der Waals surface area contributed by atoms with Crippen LogP contribution in [-0.4, -0.2) is 29.3 Å². The van der Waals surface area contributed by atoms with Gasteiger partial charge in [-0.2, -0.15) is 5.10 Å². The number of halogens is 1. The van der Waals surface area contributed by atoms with Crippen LogP contribution in [-0.2, 0) is 6.54 Å². The Morgan fingerprint density at radius 1 is 0.943 bits per heavy atom. The van der Waals surface area contributed by atoms with Crippen molar-refractivity contribution in [3.05, 3.63) is 101 Å². The highest BCUT2D eigenvalue weighted by Gasteiger charge is 2.21. The lowest BCUT2D eigenvalue weighted by Gasteiger charge is -2.10. The highest BCUT2D eigenvalue weighted by Crippen LogP contribution is 2.36. The van der Waals surface area contributed by atoms with E-state index in [1.807, 2.05) is 60.0 Å². The van der Waals surface area contributed by atoms with Crippen molar-refractivity contribution in [2.45, 2.75) is 13.5 Å². The Kier molecular flexibility index (Phi) is 5.35. The first-order valence-electron chi connectivity index (χ1n) is 11.0. The zero-order valence-corrected chi connectivity index (χ0v) is 20.3. The summed E-state index contributed by atoms with van der Waals surface area (Å²) < 4.78 is 18.1. The van der Waals surface area contributed by atoms with E-state index < -0.39 is 0 Å². The molecule has 35 heavy (non-hydrogen) atoms. The second-order valence-electron chi connectivity index (χ2n) is 8.07. The second-order valence-corrected chi connectivity index (χ2v) is 9.45. The van der Waals surface area contributed by atoms with Gasteiger partial charge in [0.05, 0.1) is 28.1 Å². The standard InChI is InChI=1S/C26H19FN6S2/c1-16-23(35-25(28-16)17-11-13-18(27)14-12-17)24-29-20-9-5-6-10-21(20)32(24)15-22-30-31-26(34)33(22)19-7-3-2-4-8-19/h2-14H,15H2,1H3,(H,31,34). The number of H-pyrrole nitrogens is 1. The monoisotopic (exact) mass is 498 g/mol. The van der Waals surface area contributed by atoms with Crippen LogP contribution < -0.4 is 0 Å². The maximum Gasteiger partial charge on any atom is 0.199 e. The van der Waals surface area contributed by atoms with E-state index in [0.717, 1.165) is 49.5 Å². The average molecular weight is 499 g/mol. The average Bonchev–Trinajstić information content (AvgIpc) is 3.55. The molecule has 0 spiro atoms. The summed E-state index contributed by atoms with van der Waals surface area (Å²) >= 11 is 7.09. The van der Waals surface area contributed by atoms with Crippen molar-refractivity contribution >= 4 is 34.6 Å². The lowest BCUT2D eigenvalue weighted by molar-refractivity contribution is 0.628. The third kappa shape index (κ3) is 3.88. The molecule has 0 aliphatic heterocycles. The van der Waals surface area contributed by atoms with E-state index in [2.05, 4.69) is 20.8 Å². The molecule has 0 saturated carbocycles. The lowest BCUT2D eigenvalue weighted by atomic mass is 10.2. The Labute approximate surface area is 209 Å². The van der Waals surface area contributed by atoms with Crippen LogP contribution in [0.25, 0.3) is 38.0 Å². The Morgan fingerprint density at radius 3 is 2.49 bits per heavy atom. The lowest BCUT2D eigenvalue weighted by Crippen LogP contribution is -2.09. The van der Waals surface area contributed by atoms with E-state index in [0.29, 0.717) is 11.3 Å². The van der Waals surface area contributed by atoms with Gasteiger partial charge in [0, 0.05) is 11.3 Å². The fourth-order valence-corrected chi connectivity index (χ4v) is 5.48. The maximum absolute atomic E-state index is 13.4. The van der Waals surface area contributed by atoms with Crippen molar-refractivity contribution in [2.24, 2.45) is 0 Å². The van der Waals surface area contributed by atoms with E-state index in [4.69, 9.17) is 22.2 Å². The van der Waals surface area contributed by atoms with Gasteiger partial charge < -0.3 is 4.57 Å². The molecule has 6 aromatic rings. The highest BCUT2D eigenvalue weighted by atomic mass is 32.1. The van der Waals surface area contributed by atoms with E-state index in [9.17, 15) is 4.39 Å². The highest BCUT2D eigenvalue weighted by molar-refractivity contribution is 7.71. The first-order chi connectivity index (χ1) is 17.1. The number of fused-ring (bicyclic) bond motifs is 1. The molecule has 3 heterocycles. The predicted molar refractivity (Wildman–Crippen MR) is 139 cm³/mol. The van der Waals surface area contributed by atoms with Crippen molar-refractivity contribution in [1.82, 2.24) is 29.3 Å². The van der Waals surface area contributed by atoms with E-state index in [1.165, 1.54) is 12.1 Å². The summed E-state index contributed by atoms with van der Waals surface area (Å²) in [5.41, 5.74) is 4.57. The Morgan fingerprint density at radius 2 is 1.69 bits per heavy atom. The molecule has 1 N–H and O–H groups in total. The molecule has 0 aliphatic rings. The molecule has 0 radical (unpaired) electrons. The smallest absolute Gasteiger partial charge is 0.199 e. The van der Waals surface area contributed by atoms with Crippen LogP contribution in [0.5, 0.6) is 0 Å². The largest absolute Gasteiger partial charge is 0.315 e. The normalized spacial score (nSPS) is 11.4. The van der Waals surface area contributed by atoms with Crippen LogP contribution in [0.15, 0.2) is 78.9 Å². The number of aryl methyl sites for hydroxylation is 1. The molecular weight excluding hydrogens is 479 g/mol. The number of aromatic nitrogens is 6. The van der Waals surface area contributed by atoms with Gasteiger partial charge in [0.1, 0.15) is 10.8 Å². The molecule has 6 nitrogen and oxygen atoms in total. The number of thiazole rings is 1. The first kappa shape index (κ1) is 21.6. The molecule has 3 aromatic heterocycles. The number of imidazole rings is 1. The van der Waals surface area contributed by atoms with Gasteiger partial charge in [-0.15, -0.1) is 11.3 Å². The van der Waals surface area contributed by atoms with Crippen LogP contribution in [0.3, 0.4) is 0 Å². The van der Waals surface area contributed by atoms with E-state index >= 15 is 0 Å². The molecule has 6 rings (SSSR count). The van der Waals surface area contributed by atoms with Gasteiger partial charge in [-0.05, 0) is 67.7 Å².